The van der Waals surface area contributed by atoms with Crippen molar-refractivity contribution in [2.24, 2.45) is 4.99 Å². The monoisotopic (exact) mass is 478 g/mol. The standard InChI is InChI=1S/C18H30N4O3.HI/c1-19-18(21-14-15-5-8-20-17(13-15)24-3)22-9-6-16(7-10-22)25-12-4-11-23-2;/h5,8,13,16H,4,6-7,9-12,14H2,1-3H3,(H,19,21);1H. The number of halogens is 1. The number of pyridine rings is 1. The fourth-order valence-electron chi connectivity index (χ4n) is 2.87. The minimum atomic E-state index is 0. The van der Waals surface area contributed by atoms with Gasteiger partial charge >= 0.3 is 0 Å². The summed E-state index contributed by atoms with van der Waals surface area (Å²) in [7, 11) is 5.17. The lowest BCUT2D eigenvalue weighted by Crippen LogP contribution is -2.46. The molecule has 8 heteroatoms. The van der Waals surface area contributed by atoms with E-state index in [0.29, 0.717) is 18.5 Å². The van der Waals surface area contributed by atoms with E-state index in [1.54, 1.807) is 20.4 Å². The van der Waals surface area contributed by atoms with E-state index >= 15 is 0 Å². The van der Waals surface area contributed by atoms with Crippen molar-refractivity contribution < 1.29 is 14.2 Å². The van der Waals surface area contributed by atoms with Crippen molar-refractivity contribution in [3.63, 3.8) is 0 Å². The Labute approximate surface area is 173 Å². The van der Waals surface area contributed by atoms with E-state index in [-0.39, 0.29) is 24.0 Å². The van der Waals surface area contributed by atoms with E-state index in [4.69, 9.17) is 14.2 Å². The Bertz CT molecular complexity index is 537. The van der Waals surface area contributed by atoms with Crippen LogP contribution in [0.25, 0.3) is 0 Å². The number of methoxy groups -OCH3 is 2. The van der Waals surface area contributed by atoms with Gasteiger partial charge in [0.15, 0.2) is 5.96 Å². The highest BCUT2D eigenvalue weighted by atomic mass is 127. The maximum Gasteiger partial charge on any atom is 0.213 e. The smallest absolute Gasteiger partial charge is 0.213 e. The lowest BCUT2D eigenvalue weighted by molar-refractivity contribution is 0.00989. The molecule has 2 heterocycles. The zero-order valence-corrected chi connectivity index (χ0v) is 18.3. The summed E-state index contributed by atoms with van der Waals surface area (Å²) in [5.74, 6) is 1.55. The first-order valence-electron chi connectivity index (χ1n) is 8.82. The lowest BCUT2D eigenvalue weighted by Gasteiger charge is -2.34. The van der Waals surface area contributed by atoms with Crippen LogP contribution in [0.3, 0.4) is 0 Å². The van der Waals surface area contributed by atoms with Crippen LogP contribution in [0.5, 0.6) is 5.88 Å². The number of aliphatic imine (C=N–C) groups is 1. The number of guanidine groups is 1. The molecule has 0 unspecified atom stereocenters. The van der Waals surface area contributed by atoms with Crippen LogP contribution >= 0.6 is 24.0 Å². The largest absolute Gasteiger partial charge is 0.481 e. The fraction of sp³-hybridized carbons (Fsp3) is 0.667. The number of hydrogen-bond donors (Lipinski definition) is 1. The van der Waals surface area contributed by atoms with Crippen LogP contribution in [0.2, 0.25) is 0 Å². The zero-order valence-electron chi connectivity index (χ0n) is 15.9. The maximum absolute atomic E-state index is 5.91. The molecule has 7 nitrogen and oxygen atoms in total. The van der Waals surface area contributed by atoms with Gasteiger partial charge in [-0.3, -0.25) is 4.99 Å². The number of hydrogen-bond acceptors (Lipinski definition) is 5. The van der Waals surface area contributed by atoms with Gasteiger partial charge in [-0.2, -0.15) is 0 Å². The first-order chi connectivity index (χ1) is 12.3. The van der Waals surface area contributed by atoms with Crippen molar-refractivity contribution in [2.45, 2.75) is 31.9 Å². The maximum atomic E-state index is 5.91. The highest BCUT2D eigenvalue weighted by Gasteiger charge is 2.21. The summed E-state index contributed by atoms with van der Waals surface area (Å²) in [6.45, 7) is 4.13. The molecule has 0 aromatic carbocycles. The second-order valence-corrected chi connectivity index (χ2v) is 6.01. The summed E-state index contributed by atoms with van der Waals surface area (Å²) in [6, 6.07) is 3.91. The van der Waals surface area contributed by atoms with E-state index in [1.807, 2.05) is 19.2 Å². The van der Waals surface area contributed by atoms with Gasteiger partial charge in [0.2, 0.25) is 5.88 Å². The molecule has 1 saturated heterocycles. The predicted molar refractivity (Wildman–Crippen MR) is 113 cm³/mol. The number of nitrogens with one attached hydrogen (secondary N) is 1. The molecule has 148 valence electrons. The summed E-state index contributed by atoms with van der Waals surface area (Å²) in [5, 5.41) is 3.42. The van der Waals surface area contributed by atoms with Gasteiger partial charge < -0.3 is 24.4 Å². The molecule has 0 spiro atoms. The molecule has 0 bridgehead atoms. The quantitative estimate of drug-likeness (QED) is 0.268. The molecule has 0 aliphatic carbocycles. The molecule has 0 amide bonds. The summed E-state index contributed by atoms with van der Waals surface area (Å²) in [4.78, 5) is 10.8. The molecule has 0 radical (unpaired) electrons. The second kappa shape index (κ2) is 13.1. The average Bonchev–Trinajstić information content (AvgIpc) is 2.67. The molecular weight excluding hydrogens is 447 g/mol. The summed E-state index contributed by atoms with van der Waals surface area (Å²) in [6.07, 6.45) is 5.10. The Morgan fingerprint density at radius 2 is 2.08 bits per heavy atom. The molecule has 1 aliphatic rings. The minimum absolute atomic E-state index is 0. The van der Waals surface area contributed by atoms with Crippen LogP contribution in [0, 0.1) is 0 Å². The third-order valence-corrected chi connectivity index (χ3v) is 4.26. The third kappa shape index (κ3) is 7.63. The van der Waals surface area contributed by atoms with Crippen LogP contribution in [0.15, 0.2) is 23.3 Å². The molecule has 0 atom stereocenters. The van der Waals surface area contributed by atoms with Gasteiger partial charge in [0.05, 0.1) is 13.2 Å². The number of rotatable bonds is 8. The van der Waals surface area contributed by atoms with Crippen LogP contribution in [-0.4, -0.2) is 69.5 Å². The topological polar surface area (TPSA) is 68.2 Å². The summed E-state index contributed by atoms with van der Waals surface area (Å²) >= 11 is 0. The van der Waals surface area contributed by atoms with E-state index in [1.165, 1.54) is 0 Å². The van der Waals surface area contributed by atoms with Crippen molar-refractivity contribution in [2.75, 3.05) is 47.6 Å². The van der Waals surface area contributed by atoms with E-state index in [0.717, 1.165) is 57.1 Å². The number of likely N-dealkylation sites (tertiary alicyclic amines) is 1. The Morgan fingerprint density at radius 1 is 1.31 bits per heavy atom. The van der Waals surface area contributed by atoms with E-state index in [9.17, 15) is 0 Å². The van der Waals surface area contributed by atoms with Crippen LogP contribution in [0.4, 0.5) is 0 Å². The normalized spacial score (nSPS) is 15.5. The zero-order chi connectivity index (χ0) is 17.9. The third-order valence-electron chi connectivity index (χ3n) is 4.26. The molecule has 1 fully saturated rings. The fourth-order valence-corrected chi connectivity index (χ4v) is 2.87. The Hall–Kier alpha value is -1.13. The van der Waals surface area contributed by atoms with Gasteiger partial charge in [0.1, 0.15) is 0 Å². The molecule has 0 saturated carbocycles. The summed E-state index contributed by atoms with van der Waals surface area (Å²) < 4.78 is 16.1. The van der Waals surface area contributed by atoms with Crippen LogP contribution < -0.4 is 10.1 Å². The van der Waals surface area contributed by atoms with Crippen molar-refractivity contribution in [3.05, 3.63) is 23.9 Å². The Balaban J connectivity index is 0.00000338. The number of aromatic nitrogens is 1. The Kier molecular flexibility index (Phi) is 11.5. The van der Waals surface area contributed by atoms with E-state index < -0.39 is 0 Å². The minimum Gasteiger partial charge on any atom is -0.481 e. The molecular formula is C18H31IN4O3. The van der Waals surface area contributed by atoms with Crippen LogP contribution in [0.1, 0.15) is 24.8 Å². The highest BCUT2D eigenvalue weighted by molar-refractivity contribution is 14.0. The van der Waals surface area contributed by atoms with Gasteiger partial charge in [0, 0.05) is 59.3 Å². The van der Waals surface area contributed by atoms with Gasteiger partial charge in [-0.1, -0.05) is 0 Å². The molecule has 1 aliphatic heterocycles. The SMILES string of the molecule is CN=C(NCc1ccnc(OC)c1)N1CCC(OCCCOC)CC1.I. The number of piperidine rings is 1. The Morgan fingerprint density at radius 3 is 2.73 bits per heavy atom. The van der Waals surface area contributed by atoms with E-state index in [2.05, 4.69) is 20.2 Å². The van der Waals surface area contributed by atoms with Gasteiger partial charge in [-0.05, 0) is 30.9 Å². The van der Waals surface area contributed by atoms with Gasteiger partial charge in [-0.15, -0.1) is 24.0 Å². The van der Waals surface area contributed by atoms with Crippen molar-refractivity contribution in [3.8, 4) is 5.88 Å². The molecule has 26 heavy (non-hydrogen) atoms. The number of nitrogens with zero attached hydrogens (tertiary/aromatic N) is 3. The van der Waals surface area contributed by atoms with Crippen molar-refractivity contribution >= 4 is 29.9 Å². The van der Waals surface area contributed by atoms with Crippen LogP contribution in [-0.2, 0) is 16.0 Å². The van der Waals surface area contributed by atoms with Crippen molar-refractivity contribution in [1.29, 1.82) is 0 Å². The second-order valence-electron chi connectivity index (χ2n) is 6.01. The summed E-state index contributed by atoms with van der Waals surface area (Å²) in [5.41, 5.74) is 1.12. The molecule has 1 aromatic rings. The van der Waals surface area contributed by atoms with Gasteiger partial charge in [0.25, 0.3) is 0 Å². The first kappa shape index (κ1) is 22.9. The molecule has 1 aromatic heterocycles. The lowest BCUT2D eigenvalue weighted by atomic mass is 10.1. The number of ether oxygens (including phenoxy) is 3. The van der Waals surface area contributed by atoms with Gasteiger partial charge in [-0.25, -0.2) is 4.98 Å². The average molecular weight is 478 g/mol. The van der Waals surface area contributed by atoms with Crippen molar-refractivity contribution in [1.82, 2.24) is 15.2 Å². The first-order valence-corrected chi connectivity index (χ1v) is 8.82. The predicted octanol–water partition coefficient (Wildman–Crippen LogP) is 2.30. The molecule has 1 N–H and O–H groups in total. The molecule has 2 rings (SSSR count). The highest BCUT2D eigenvalue weighted by Crippen LogP contribution is 2.14.